The average Bonchev–Trinajstić information content (AvgIpc) is 2.73. The first kappa shape index (κ1) is 22.0. The minimum atomic E-state index is -0.725. The van der Waals surface area contributed by atoms with Crippen LogP contribution in [-0.4, -0.2) is 18.4 Å². The van der Waals surface area contributed by atoms with Crippen LogP contribution >= 0.6 is 0 Å². The third-order valence-electron chi connectivity index (χ3n) is 6.17. The third kappa shape index (κ3) is 4.38. The number of ketones is 1. The first-order valence-electron chi connectivity index (χ1n) is 11.0. The number of benzene rings is 2. The van der Waals surface area contributed by atoms with E-state index in [4.69, 9.17) is 4.74 Å². The fourth-order valence-corrected chi connectivity index (χ4v) is 4.78. The molecule has 2 aromatic rings. The summed E-state index contributed by atoms with van der Waals surface area (Å²) in [5.41, 5.74) is 2.75. The molecule has 166 valence electrons. The molecule has 32 heavy (non-hydrogen) atoms. The van der Waals surface area contributed by atoms with Gasteiger partial charge in [-0.1, -0.05) is 68.5 Å². The number of Topliss-reactive ketones (excluding diaryl/α,β-unsaturated/α-hetero) is 1. The van der Waals surface area contributed by atoms with Crippen molar-refractivity contribution in [2.24, 2.45) is 11.3 Å². The Labute approximate surface area is 188 Å². The molecule has 0 bridgehead atoms. The van der Waals surface area contributed by atoms with Crippen LogP contribution in [0.25, 0.3) is 0 Å². The largest absolute Gasteiger partial charge is 0.462 e. The van der Waals surface area contributed by atoms with E-state index in [1.54, 1.807) is 25.1 Å². The molecule has 2 atom stereocenters. The molecule has 2 unspecified atom stereocenters. The molecule has 1 aliphatic heterocycles. The zero-order chi connectivity index (χ0) is 22.9. The van der Waals surface area contributed by atoms with Crippen molar-refractivity contribution in [3.63, 3.8) is 0 Å². The molecule has 4 rings (SSSR count). The van der Waals surface area contributed by atoms with Gasteiger partial charge in [-0.2, -0.15) is 0 Å². The second kappa shape index (κ2) is 8.73. The van der Waals surface area contributed by atoms with E-state index in [1.165, 1.54) is 6.07 Å². The topological polar surface area (TPSA) is 55.4 Å². The van der Waals surface area contributed by atoms with Crippen LogP contribution in [0.4, 0.5) is 4.39 Å². The predicted octanol–water partition coefficient (Wildman–Crippen LogP) is 5.07. The smallest absolute Gasteiger partial charge is 0.336 e. The molecule has 0 amide bonds. The van der Waals surface area contributed by atoms with Gasteiger partial charge in [-0.15, -0.1) is 0 Å². The number of carbonyl (C=O) groups excluding carboxylic acids is 2. The van der Waals surface area contributed by atoms with E-state index in [0.29, 0.717) is 29.7 Å². The number of nitrogens with one attached hydrogen (secondary N) is 1. The molecule has 0 saturated carbocycles. The van der Waals surface area contributed by atoms with Gasteiger partial charge in [-0.25, -0.2) is 9.18 Å². The van der Waals surface area contributed by atoms with Crippen LogP contribution in [0, 0.1) is 17.2 Å². The minimum Gasteiger partial charge on any atom is -0.462 e. The summed E-state index contributed by atoms with van der Waals surface area (Å²) in [5, 5.41) is 3.26. The summed E-state index contributed by atoms with van der Waals surface area (Å²) in [6.45, 7) is 5.99. The van der Waals surface area contributed by atoms with Gasteiger partial charge in [-0.05, 0) is 29.5 Å². The quantitative estimate of drug-likeness (QED) is 0.669. The number of carbonyl (C=O) groups is 2. The Morgan fingerprint density at radius 3 is 2.50 bits per heavy atom. The number of hydrogen-bond donors (Lipinski definition) is 1. The molecule has 2 aliphatic rings. The first-order valence-corrected chi connectivity index (χ1v) is 11.0. The molecule has 2 aromatic carbocycles. The van der Waals surface area contributed by atoms with Crippen LogP contribution in [0.15, 0.2) is 77.6 Å². The summed E-state index contributed by atoms with van der Waals surface area (Å²) >= 11 is 0. The summed E-state index contributed by atoms with van der Waals surface area (Å²) < 4.78 is 20.5. The highest BCUT2D eigenvalue weighted by Gasteiger charge is 2.46. The van der Waals surface area contributed by atoms with Crippen LogP contribution in [0.5, 0.6) is 0 Å². The molecule has 0 saturated heterocycles. The number of halogens is 1. The number of rotatable bonds is 5. The average molecular weight is 434 g/mol. The standard InChI is InChI=1S/C27H28FNO3/c1-17-23(26(31)32-14-13-18-9-5-4-6-10-18)24(19-11-7-8-12-20(19)28)25-21(29-17)15-27(2,3)16-22(25)30/h4-12,15,24-25,29H,13-14,16H2,1-3H3. The van der Waals surface area contributed by atoms with E-state index >= 15 is 0 Å². The molecule has 1 N–H and O–H groups in total. The zero-order valence-corrected chi connectivity index (χ0v) is 18.7. The molecule has 0 fully saturated rings. The highest BCUT2D eigenvalue weighted by atomic mass is 19.1. The number of ether oxygens (including phenoxy) is 1. The van der Waals surface area contributed by atoms with E-state index in [1.807, 2.05) is 50.3 Å². The van der Waals surface area contributed by atoms with Gasteiger partial charge in [0.15, 0.2) is 0 Å². The van der Waals surface area contributed by atoms with E-state index in [9.17, 15) is 14.0 Å². The predicted molar refractivity (Wildman–Crippen MR) is 121 cm³/mol. The molecule has 0 spiro atoms. The Balaban J connectivity index is 1.69. The second-order valence-corrected chi connectivity index (χ2v) is 9.24. The molecule has 1 aliphatic carbocycles. The SMILES string of the molecule is CC1=C(C(=O)OCCc2ccccc2)C(c2ccccc2F)C2C(=O)CC(C)(C)C=C2N1. The van der Waals surface area contributed by atoms with Crippen LogP contribution < -0.4 is 5.32 Å². The van der Waals surface area contributed by atoms with Gasteiger partial charge in [0.1, 0.15) is 11.6 Å². The molecule has 0 aromatic heterocycles. The summed E-state index contributed by atoms with van der Waals surface area (Å²) in [7, 11) is 0. The maximum absolute atomic E-state index is 14.9. The molecule has 5 heteroatoms. The van der Waals surface area contributed by atoms with Gasteiger partial charge >= 0.3 is 5.97 Å². The van der Waals surface area contributed by atoms with Gasteiger partial charge < -0.3 is 10.1 Å². The summed E-state index contributed by atoms with van der Waals surface area (Å²) in [6.07, 6.45) is 2.95. The Kier molecular flexibility index (Phi) is 6.00. The van der Waals surface area contributed by atoms with Crippen LogP contribution in [-0.2, 0) is 20.7 Å². The molecule has 4 nitrogen and oxygen atoms in total. The Hall–Kier alpha value is -3.21. The summed E-state index contributed by atoms with van der Waals surface area (Å²) in [5.74, 6) is -2.32. The lowest BCUT2D eigenvalue weighted by molar-refractivity contribution is -0.139. The van der Waals surface area contributed by atoms with Crippen molar-refractivity contribution in [3.05, 3.63) is 94.6 Å². The van der Waals surface area contributed by atoms with Crippen molar-refractivity contribution < 1.29 is 18.7 Å². The highest BCUT2D eigenvalue weighted by Crippen LogP contribution is 2.47. The number of fused-ring (bicyclic) bond motifs is 1. The maximum atomic E-state index is 14.9. The van der Waals surface area contributed by atoms with Gasteiger partial charge in [0.25, 0.3) is 0 Å². The third-order valence-corrected chi connectivity index (χ3v) is 6.17. The van der Waals surface area contributed by atoms with Gasteiger partial charge in [0.2, 0.25) is 0 Å². The lowest BCUT2D eigenvalue weighted by atomic mass is 9.66. The Morgan fingerprint density at radius 2 is 1.78 bits per heavy atom. The van der Waals surface area contributed by atoms with E-state index in [2.05, 4.69) is 5.32 Å². The van der Waals surface area contributed by atoms with Gasteiger partial charge in [0, 0.05) is 30.2 Å². The summed E-state index contributed by atoms with van der Waals surface area (Å²) in [4.78, 5) is 26.5. The Morgan fingerprint density at radius 1 is 1.09 bits per heavy atom. The number of esters is 1. The first-order chi connectivity index (χ1) is 15.3. The zero-order valence-electron chi connectivity index (χ0n) is 18.7. The van der Waals surface area contributed by atoms with Crippen LogP contribution in [0.1, 0.15) is 44.2 Å². The second-order valence-electron chi connectivity index (χ2n) is 9.24. The van der Waals surface area contributed by atoms with Crippen molar-refractivity contribution in [3.8, 4) is 0 Å². The number of allylic oxidation sites excluding steroid dienone is 3. The number of hydrogen-bond acceptors (Lipinski definition) is 4. The van der Waals surface area contributed by atoms with Gasteiger partial charge in [-0.3, -0.25) is 4.79 Å². The van der Waals surface area contributed by atoms with E-state index in [-0.39, 0.29) is 17.8 Å². The lowest BCUT2D eigenvalue weighted by Gasteiger charge is -2.41. The van der Waals surface area contributed by atoms with Crippen molar-refractivity contribution in [2.45, 2.75) is 39.5 Å². The van der Waals surface area contributed by atoms with Crippen molar-refractivity contribution in [2.75, 3.05) is 6.61 Å². The monoisotopic (exact) mass is 433 g/mol. The van der Waals surface area contributed by atoms with Crippen molar-refractivity contribution >= 4 is 11.8 Å². The highest BCUT2D eigenvalue weighted by molar-refractivity contribution is 5.96. The fourth-order valence-electron chi connectivity index (χ4n) is 4.78. The van der Waals surface area contributed by atoms with Crippen molar-refractivity contribution in [1.29, 1.82) is 0 Å². The maximum Gasteiger partial charge on any atom is 0.336 e. The molecular formula is C27H28FNO3. The minimum absolute atomic E-state index is 0.00432. The van der Waals surface area contributed by atoms with Crippen LogP contribution in [0.3, 0.4) is 0 Å². The fraction of sp³-hybridized carbons (Fsp3) is 0.333. The van der Waals surface area contributed by atoms with E-state index < -0.39 is 23.6 Å². The molecule has 1 heterocycles. The molecule has 0 radical (unpaired) electrons. The van der Waals surface area contributed by atoms with Gasteiger partial charge in [0.05, 0.1) is 18.1 Å². The van der Waals surface area contributed by atoms with Crippen molar-refractivity contribution in [1.82, 2.24) is 5.32 Å². The lowest BCUT2D eigenvalue weighted by Crippen LogP contribution is -2.43. The summed E-state index contributed by atoms with van der Waals surface area (Å²) in [6, 6.07) is 16.1. The normalized spacial score (nSPS) is 22.0. The van der Waals surface area contributed by atoms with E-state index in [0.717, 1.165) is 11.3 Å². The molecular weight excluding hydrogens is 405 g/mol. The Bertz CT molecular complexity index is 1100. The van der Waals surface area contributed by atoms with Crippen LogP contribution in [0.2, 0.25) is 0 Å².